The summed E-state index contributed by atoms with van der Waals surface area (Å²) in [6.45, 7) is 2.72. The number of amides is 1. The molecule has 1 amide bonds. The quantitative estimate of drug-likeness (QED) is 0.296. The van der Waals surface area contributed by atoms with E-state index in [2.05, 4.69) is 10.2 Å². The number of hydrogen-bond acceptors (Lipinski definition) is 6. The summed E-state index contributed by atoms with van der Waals surface area (Å²) in [6.07, 6.45) is -4.97. The molecule has 0 fully saturated rings. The number of aromatic nitrogens is 3. The van der Waals surface area contributed by atoms with Crippen LogP contribution >= 0.6 is 22.9 Å². The molecule has 2 aliphatic rings. The normalized spacial score (nSPS) is 14.4. The summed E-state index contributed by atoms with van der Waals surface area (Å²) in [5.74, 6) is 1.46. The lowest BCUT2D eigenvalue weighted by molar-refractivity contribution is -0.137. The van der Waals surface area contributed by atoms with Gasteiger partial charge in [-0.15, -0.1) is 21.5 Å². The van der Waals surface area contributed by atoms with E-state index < -0.39 is 17.8 Å². The molecule has 6 rings (SSSR count). The van der Waals surface area contributed by atoms with Crippen molar-refractivity contribution in [1.29, 1.82) is 0 Å². The minimum absolute atomic E-state index is 0.130. The van der Waals surface area contributed by atoms with E-state index in [0.717, 1.165) is 56.1 Å². The van der Waals surface area contributed by atoms with Gasteiger partial charge in [0, 0.05) is 21.0 Å². The van der Waals surface area contributed by atoms with E-state index in [1.165, 1.54) is 12.1 Å². The monoisotopic (exact) mass is 557 g/mol. The second-order valence-electron chi connectivity index (χ2n) is 8.93. The van der Waals surface area contributed by atoms with Crippen LogP contribution < -0.4 is 0 Å². The van der Waals surface area contributed by atoms with Crippen molar-refractivity contribution in [3.63, 3.8) is 0 Å². The van der Waals surface area contributed by atoms with E-state index >= 15 is 0 Å². The molecule has 0 saturated heterocycles. The molecule has 2 aromatic heterocycles. The molecule has 0 spiro atoms. The number of rotatable bonds is 3. The maximum atomic E-state index is 12.9. The van der Waals surface area contributed by atoms with E-state index in [1.807, 2.05) is 35.8 Å². The number of halogens is 4. The lowest BCUT2D eigenvalue weighted by Gasteiger charge is -2.17. The van der Waals surface area contributed by atoms with Gasteiger partial charge in [0.1, 0.15) is 24.0 Å². The second-order valence-corrected chi connectivity index (χ2v) is 10.4. The Balaban J connectivity index is 1.27. The second kappa shape index (κ2) is 9.25. The van der Waals surface area contributed by atoms with Crippen LogP contribution in [0.25, 0.3) is 5.00 Å². The molecule has 0 unspecified atom stereocenters. The molecule has 0 radical (unpaired) electrons. The number of hydrogen-bond donors (Lipinski definition) is 0. The lowest BCUT2D eigenvalue weighted by atomic mass is 9.99. The largest absolute Gasteiger partial charge is 0.445 e. The third-order valence-corrected chi connectivity index (χ3v) is 8.03. The van der Waals surface area contributed by atoms with Gasteiger partial charge in [0.2, 0.25) is 0 Å². The Bertz CT molecular complexity index is 1590. The Hall–Kier alpha value is -3.70. The average molecular weight is 558 g/mol. The first-order chi connectivity index (χ1) is 18.2. The number of aliphatic imine (C=N–C) groups is 1. The van der Waals surface area contributed by atoms with E-state index in [1.54, 1.807) is 16.2 Å². The summed E-state index contributed by atoms with van der Waals surface area (Å²) in [5, 5.41) is 10.0. The summed E-state index contributed by atoms with van der Waals surface area (Å²) < 4.78 is 45.9. The molecule has 7 nitrogen and oxygen atoms in total. The van der Waals surface area contributed by atoms with Gasteiger partial charge in [-0.05, 0) is 36.2 Å². The Morgan fingerprint density at radius 3 is 2.61 bits per heavy atom. The van der Waals surface area contributed by atoms with Crippen LogP contribution in [0.5, 0.6) is 0 Å². The van der Waals surface area contributed by atoms with Crippen molar-refractivity contribution in [3.8, 4) is 5.00 Å². The van der Waals surface area contributed by atoms with Gasteiger partial charge in [0.15, 0.2) is 5.82 Å². The first-order valence-corrected chi connectivity index (χ1v) is 12.8. The van der Waals surface area contributed by atoms with Crippen LogP contribution in [-0.2, 0) is 37.2 Å². The summed E-state index contributed by atoms with van der Waals surface area (Å²) in [4.78, 5) is 20.3. The van der Waals surface area contributed by atoms with Gasteiger partial charge in [-0.1, -0.05) is 41.9 Å². The molecule has 38 heavy (non-hydrogen) atoms. The van der Waals surface area contributed by atoms with Crippen LogP contribution in [-0.4, -0.2) is 31.5 Å². The molecule has 2 aromatic carbocycles. The van der Waals surface area contributed by atoms with Gasteiger partial charge in [0.05, 0.1) is 24.4 Å². The number of ether oxygens (including phenoxy) is 1. The van der Waals surface area contributed by atoms with Gasteiger partial charge in [-0.3, -0.25) is 14.5 Å². The Kier molecular flexibility index (Phi) is 5.99. The van der Waals surface area contributed by atoms with Crippen LogP contribution in [0, 0.1) is 6.92 Å². The molecular weight excluding hydrogens is 539 g/mol. The first kappa shape index (κ1) is 24.6. The van der Waals surface area contributed by atoms with Crippen molar-refractivity contribution >= 4 is 34.7 Å². The molecule has 0 bridgehead atoms. The van der Waals surface area contributed by atoms with E-state index in [0.29, 0.717) is 30.2 Å². The highest BCUT2D eigenvalue weighted by atomic mass is 35.5. The van der Waals surface area contributed by atoms with Crippen LogP contribution in [0.15, 0.2) is 53.5 Å². The van der Waals surface area contributed by atoms with Crippen molar-refractivity contribution < 1.29 is 22.7 Å². The van der Waals surface area contributed by atoms with Crippen molar-refractivity contribution in [1.82, 2.24) is 19.7 Å². The molecule has 0 saturated carbocycles. The smallest absolute Gasteiger partial charge is 0.416 e. The predicted molar refractivity (Wildman–Crippen MR) is 136 cm³/mol. The summed E-state index contributed by atoms with van der Waals surface area (Å²) >= 11 is 8.11. The van der Waals surface area contributed by atoms with E-state index in [9.17, 15) is 18.0 Å². The van der Waals surface area contributed by atoms with E-state index in [4.69, 9.17) is 21.3 Å². The summed E-state index contributed by atoms with van der Waals surface area (Å²) in [7, 11) is 0. The van der Waals surface area contributed by atoms with Crippen LogP contribution in [0.1, 0.15) is 44.3 Å². The highest BCUT2D eigenvalue weighted by Gasteiger charge is 2.36. The number of fused-ring (bicyclic) bond motifs is 5. The summed E-state index contributed by atoms with van der Waals surface area (Å²) in [5.41, 5.74) is 3.08. The summed E-state index contributed by atoms with van der Waals surface area (Å²) in [6, 6.07) is 12.1. The van der Waals surface area contributed by atoms with Crippen molar-refractivity contribution in [3.05, 3.63) is 97.9 Å². The minimum atomic E-state index is -4.42. The molecule has 0 atom stereocenters. The number of carbonyl (C=O) groups is 1. The highest BCUT2D eigenvalue weighted by molar-refractivity contribution is 7.15. The average Bonchev–Trinajstić information content (AvgIpc) is 3.53. The zero-order valence-corrected chi connectivity index (χ0v) is 21.5. The lowest BCUT2D eigenvalue weighted by Crippen LogP contribution is -2.26. The number of aryl methyl sites for hydroxylation is 1. The Morgan fingerprint density at radius 1 is 1.11 bits per heavy atom. The minimum Gasteiger partial charge on any atom is -0.445 e. The maximum Gasteiger partial charge on any atom is 0.416 e. The van der Waals surface area contributed by atoms with Crippen LogP contribution in [0.4, 0.5) is 18.0 Å². The fourth-order valence-corrected chi connectivity index (χ4v) is 6.26. The predicted octanol–water partition coefficient (Wildman–Crippen LogP) is 6.31. The number of alkyl halides is 3. The van der Waals surface area contributed by atoms with Crippen LogP contribution in [0.3, 0.4) is 0 Å². The molecule has 4 aromatic rings. The molecule has 194 valence electrons. The zero-order valence-electron chi connectivity index (χ0n) is 19.9. The fraction of sp³-hybridized carbons (Fsp3) is 0.231. The number of carbonyl (C=O) groups excluding carboxylic acids is 1. The number of nitrogens with zero attached hydrogens (tertiary/aromatic N) is 5. The first-order valence-electron chi connectivity index (χ1n) is 11.6. The molecule has 4 heterocycles. The van der Waals surface area contributed by atoms with Crippen molar-refractivity contribution in [2.75, 3.05) is 0 Å². The third kappa shape index (κ3) is 4.25. The van der Waals surface area contributed by atoms with Gasteiger partial charge in [-0.2, -0.15) is 13.2 Å². The van der Waals surface area contributed by atoms with Gasteiger partial charge < -0.3 is 4.74 Å². The molecule has 0 N–H and O–H groups in total. The number of benzene rings is 2. The van der Waals surface area contributed by atoms with Gasteiger partial charge in [0.25, 0.3) is 0 Å². The standard InChI is InChI=1S/C26H19ClF3N5O2S/c1-14-32-33-21-10-31-23(17-4-2-3-5-19(17)27)22-18-11-34(12-20(18)38-24(22)35(14)21)25(36)37-13-15-6-8-16(9-7-15)26(28,29)30/h2-9H,10-13H2,1H3. The molecule has 0 aliphatic carbocycles. The van der Waals surface area contributed by atoms with Gasteiger partial charge >= 0.3 is 12.3 Å². The molecular formula is C26H19ClF3N5O2S. The Labute approximate surface area is 224 Å². The third-order valence-electron chi connectivity index (χ3n) is 6.50. The fourth-order valence-electron chi connectivity index (χ4n) is 4.64. The SMILES string of the molecule is Cc1nnc2n1-c1sc3c(c1C(c1ccccc1Cl)=NC2)CN(C(=O)OCc1ccc(C(F)(F)F)cc1)C3. The topological polar surface area (TPSA) is 72.6 Å². The maximum absolute atomic E-state index is 12.9. The number of thiophene rings is 1. The van der Waals surface area contributed by atoms with Gasteiger partial charge in [-0.25, -0.2) is 4.79 Å². The molecule has 2 aliphatic heterocycles. The van der Waals surface area contributed by atoms with Crippen LogP contribution in [0.2, 0.25) is 5.02 Å². The Morgan fingerprint density at radius 2 is 1.87 bits per heavy atom. The van der Waals surface area contributed by atoms with Crippen molar-refractivity contribution in [2.24, 2.45) is 4.99 Å². The zero-order chi connectivity index (χ0) is 26.6. The van der Waals surface area contributed by atoms with Crippen molar-refractivity contribution in [2.45, 2.75) is 39.3 Å². The van der Waals surface area contributed by atoms with E-state index in [-0.39, 0.29) is 6.61 Å². The highest BCUT2D eigenvalue weighted by Crippen LogP contribution is 2.42. The molecule has 12 heteroatoms.